The van der Waals surface area contributed by atoms with Crippen molar-refractivity contribution >= 4 is 17.7 Å². The molecule has 9 heteroatoms. The van der Waals surface area contributed by atoms with Gasteiger partial charge in [0.25, 0.3) is 5.91 Å². The summed E-state index contributed by atoms with van der Waals surface area (Å²) in [6, 6.07) is 4.09. The summed E-state index contributed by atoms with van der Waals surface area (Å²) in [6.45, 7) is 6.94. The lowest BCUT2D eigenvalue weighted by molar-refractivity contribution is -0.0683. The highest BCUT2D eigenvalue weighted by atomic mass is 32.2. The Kier molecular flexibility index (Phi) is 5.51. The fourth-order valence-electron chi connectivity index (χ4n) is 3.64. The summed E-state index contributed by atoms with van der Waals surface area (Å²) >= 11 is 1.48. The van der Waals surface area contributed by atoms with Crippen LogP contribution in [0.4, 0.5) is 0 Å². The van der Waals surface area contributed by atoms with Crippen molar-refractivity contribution in [1.29, 1.82) is 0 Å². The molecule has 2 aromatic heterocycles. The quantitative estimate of drug-likeness (QED) is 0.726. The Morgan fingerprint density at radius 1 is 1.44 bits per heavy atom. The minimum absolute atomic E-state index is 0.133. The fraction of sp³-hybridized carbons (Fsp3) is 0.611. The predicted molar refractivity (Wildman–Crippen MR) is 100 cm³/mol. The van der Waals surface area contributed by atoms with Gasteiger partial charge in [-0.05, 0) is 24.5 Å². The maximum absolute atomic E-state index is 12.5. The second-order valence-electron chi connectivity index (χ2n) is 7.47. The predicted octanol–water partition coefficient (Wildman–Crippen LogP) is 1.92. The molecular weight excluding hydrogens is 366 g/mol. The second-order valence-corrected chi connectivity index (χ2v) is 8.44. The van der Waals surface area contributed by atoms with E-state index in [2.05, 4.69) is 39.2 Å². The molecule has 2 aromatic rings. The third-order valence-corrected chi connectivity index (χ3v) is 6.05. The molecular formula is C18H25N5O3S. The second kappa shape index (κ2) is 8.04. The first-order chi connectivity index (χ1) is 13.1. The Labute approximate surface area is 162 Å². The number of rotatable bonds is 6. The third-order valence-electron chi connectivity index (χ3n) is 5.15. The number of carbonyl (C=O) groups is 1. The number of aromatic amines is 1. The van der Waals surface area contributed by atoms with Crippen molar-refractivity contribution in [3.05, 3.63) is 30.0 Å². The van der Waals surface area contributed by atoms with Gasteiger partial charge in [0.1, 0.15) is 12.1 Å². The van der Waals surface area contributed by atoms with Crippen LogP contribution in [0, 0.1) is 5.92 Å². The number of hydrogen-bond acceptors (Lipinski definition) is 7. The number of thioether (sulfide) groups is 1. The number of amides is 1. The minimum atomic E-state index is -0.155. The topological polar surface area (TPSA) is 96.3 Å². The molecule has 0 unspecified atom stereocenters. The van der Waals surface area contributed by atoms with Crippen LogP contribution in [0.15, 0.2) is 28.0 Å². The number of nitrogens with zero attached hydrogens (tertiary/aromatic N) is 3. The van der Waals surface area contributed by atoms with Crippen LogP contribution in [0.2, 0.25) is 0 Å². The van der Waals surface area contributed by atoms with E-state index in [-0.39, 0.29) is 18.1 Å². The number of nitrogens with one attached hydrogen (secondary N) is 2. The summed E-state index contributed by atoms with van der Waals surface area (Å²) in [7, 11) is 0. The summed E-state index contributed by atoms with van der Waals surface area (Å²) in [5.41, 5.74) is 0. The number of hydrogen-bond donors (Lipinski definition) is 2. The average molecular weight is 391 g/mol. The van der Waals surface area contributed by atoms with Gasteiger partial charge in [0.05, 0.1) is 18.5 Å². The highest BCUT2D eigenvalue weighted by molar-refractivity contribution is 7.98. The van der Waals surface area contributed by atoms with Crippen molar-refractivity contribution in [3.63, 3.8) is 0 Å². The number of carbonyl (C=O) groups excluding carboxylic acids is 1. The maximum Gasteiger partial charge on any atom is 0.287 e. The zero-order valence-electron chi connectivity index (χ0n) is 15.6. The maximum atomic E-state index is 12.5. The monoisotopic (exact) mass is 391 g/mol. The van der Waals surface area contributed by atoms with Crippen molar-refractivity contribution in [2.45, 2.75) is 49.4 Å². The molecule has 1 amide bonds. The van der Waals surface area contributed by atoms with Crippen LogP contribution < -0.4 is 5.32 Å². The van der Waals surface area contributed by atoms with Gasteiger partial charge in [-0.3, -0.25) is 14.8 Å². The van der Waals surface area contributed by atoms with Crippen molar-refractivity contribution in [3.8, 4) is 0 Å². The first-order valence-electron chi connectivity index (χ1n) is 9.32. The summed E-state index contributed by atoms with van der Waals surface area (Å²) in [6.07, 6.45) is 2.67. The van der Waals surface area contributed by atoms with E-state index in [1.54, 1.807) is 6.07 Å². The van der Waals surface area contributed by atoms with E-state index in [1.807, 2.05) is 6.07 Å². The Balaban J connectivity index is 1.28. The summed E-state index contributed by atoms with van der Waals surface area (Å²) in [5.74, 6) is 2.03. The number of morpholine rings is 1. The molecule has 0 bridgehead atoms. The highest BCUT2D eigenvalue weighted by Gasteiger charge is 2.38. The zero-order valence-corrected chi connectivity index (χ0v) is 16.4. The molecule has 2 fully saturated rings. The summed E-state index contributed by atoms with van der Waals surface area (Å²) in [4.78, 5) is 19.0. The Morgan fingerprint density at radius 3 is 3.11 bits per heavy atom. The first kappa shape index (κ1) is 18.5. The molecule has 146 valence electrons. The van der Waals surface area contributed by atoms with E-state index in [0.717, 1.165) is 37.0 Å². The lowest BCUT2D eigenvalue weighted by Gasteiger charge is -2.36. The zero-order chi connectivity index (χ0) is 18.8. The smallest absolute Gasteiger partial charge is 0.287 e. The SMILES string of the molecule is CC(C)[C@H]1CN2C[C@H](NC(=O)c3ccc(CSc4ncn[nH]4)o3)C[C@H]2CO1. The molecule has 2 saturated heterocycles. The highest BCUT2D eigenvalue weighted by Crippen LogP contribution is 2.26. The molecule has 2 aliphatic rings. The van der Waals surface area contributed by atoms with Crippen molar-refractivity contribution in [2.24, 2.45) is 5.92 Å². The minimum Gasteiger partial charge on any atom is -0.455 e. The third kappa shape index (κ3) is 4.36. The lowest BCUT2D eigenvalue weighted by Crippen LogP contribution is -2.48. The van der Waals surface area contributed by atoms with Crippen LogP contribution in [0.3, 0.4) is 0 Å². The number of furan rings is 1. The molecule has 0 saturated carbocycles. The number of H-pyrrole nitrogens is 1. The fourth-order valence-corrected chi connectivity index (χ4v) is 4.32. The van der Waals surface area contributed by atoms with E-state index >= 15 is 0 Å². The Morgan fingerprint density at radius 2 is 2.33 bits per heavy atom. The normalized spacial score (nSPS) is 25.7. The first-order valence-corrected chi connectivity index (χ1v) is 10.3. The molecule has 4 heterocycles. The summed E-state index contributed by atoms with van der Waals surface area (Å²) < 4.78 is 11.7. The van der Waals surface area contributed by atoms with Gasteiger partial charge in [-0.15, -0.1) is 0 Å². The van der Waals surface area contributed by atoms with Crippen molar-refractivity contribution in [1.82, 2.24) is 25.4 Å². The molecule has 4 rings (SSSR count). The van der Waals surface area contributed by atoms with Crippen LogP contribution >= 0.6 is 11.8 Å². The number of fused-ring (bicyclic) bond motifs is 1. The van der Waals surface area contributed by atoms with E-state index in [9.17, 15) is 4.79 Å². The molecule has 3 atom stereocenters. The van der Waals surface area contributed by atoms with Gasteiger partial charge in [0.15, 0.2) is 10.9 Å². The molecule has 0 aliphatic carbocycles. The van der Waals surface area contributed by atoms with E-state index in [1.165, 1.54) is 18.1 Å². The Bertz CT molecular complexity index is 763. The van der Waals surface area contributed by atoms with Crippen LogP contribution in [0.5, 0.6) is 0 Å². The number of aromatic nitrogens is 3. The Hall–Kier alpha value is -1.84. The van der Waals surface area contributed by atoms with Gasteiger partial charge < -0.3 is 14.5 Å². The molecule has 0 radical (unpaired) electrons. The lowest BCUT2D eigenvalue weighted by atomic mass is 10.0. The van der Waals surface area contributed by atoms with Crippen LogP contribution in [0.25, 0.3) is 0 Å². The van der Waals surface area contributed by atoms with E-state index in [0.29, 0.717) is 23.5 Å². The molecule has 8 nitrogen and oxygen atoms in total. The molecule has 2 N–H and O–H groups in total. The van der Waals surface area contributed by atoms with Gasteiger partial charge in [-0.2, -0.15) is 5.10 Å². The van der Waals surface area contributed by atoms with Gasteiger partial charge in [-0.1, -0.05) is 25.6 Å². The molecule has 2 aliphatic heterocycles. The largest absolute Gasteiger partial charge is 0.455 e. The molecule has 0 spiro atoms. The van der Waals surface area contributed by atoms with Gasteiger partial charge >= 0.3 is 0 Å². The standard InChI is InChI=1S/C18H25N5O3S/c1-11(2)16-7-23-6-12(5-13(23)8-25-16)21-17(24)15-4-3-14(26-15)9-27-18-19-10-20-22-18/h3-4,10-13,16H,5-9H2,1-2H3,(H,21,24)(H,19,20,22)/t12-,13+,16-/m1/s1. The van der Waals surface area contributed by atoms with E-state index in [4.69, 9.17) is 9.15 Å². The van der Waals surface area contributed by atoms with Gasteiger partial charge in [0.2, 0.25) is 0 Å². The molecule has 0 aromatic carbocycles. The van der Waals surface area contributed by atoms with Crippen molar-refractivity contribution < 1.29 is 13.9 Å². The molecule has 27 heavy (non-hydrogen) atoms. The number of ether oxygens (including phenoxy) is 1. The van der Waals surface area contributed by atoms with Crippen LogP contribution in [-0.2, 0) is 10.5 Å². The van der Waals surface area contributed by atoms with Crippen LogP contribution in [-0.4, -0.2) is 63.9 Å². The van der Waals surface area contributed by atoms with Crippen molar-refractivity contribution in [2.75, 3.05) is 19.7 Å². The van der Waals surface area contributed by atoms with Crippen LogP contribution in [0.1, 0.15) is 36.6 Å². The average Bonchev–Trinajstić information content (AvgIpc) is 3.38. The van der Waals surface area contributed by atoms with Gasteiger partial charge in [0, 0.05) is 25.2 Å². The van der Waals surface area contributed by atoms with Gasteiger partial charge in [-0.25, -0.2) is 4.98 Å². The summed E-state index contributed by atoms with van der Waals surface area (Å²) in [5, 5.41) is 10.4. The van der Waals surface area contributed by atoms with E-state index < -0.39 is 0 Å².